The van der Waals surface area contributed by atoms with Crippen LogP contribution in [-0.2, 0) is 15.8 Å². The second-order valence-electron chi connectivity index (χ2n) is 13.1. The van der Waals surface area contributed by atoms with Crippen LogP contribution < -0.4 is 20.1 Å². The standard InChI is InChI=1S/C34H29F5N4O5/c1-30(29(45)43-32-13-31(36,14-32)15-32)17-48-27-22(30)12-24(42-26(27)18-5-7-21(35)8-6-18)33(46,34(37,38)39)16-41-28(44)20-10-19-4-3-9-40-25(19)23(11-20)47-2/h3-12,46H,13-17H2,1-2H3,(H,41,44)(H,43,45)/t30-,31?,32?,33-/m0/s1. The summed E-state index contributed by atoms with van der Waals surface area (Å²) in [6.07, 6.45) is -3.43. The van der Waals surface area contributed by atoms with Crippen molar-refractivity contribution in [3.63, 3.8) is 0 Å². The number of methoxy groups -OCH3 is 1. The van der Waals surface area contributed by atoms with Crippen LogP contribution in [0.4, 0.5) is 22.0 Å². The summed E-state index contributed by atoms with van der Waals surface area (Å²) < 4.78 is 84.0. The Balaban J connectivity index is 1.28. The second kappa shape index (κ2) is 10.6. The number of hydrogen-bond donors (Lipinski definition) is 3. The van der Waals surface area contributed by atoms with Crippen molar-refractivity contribution in [3.05, 3.63) is 83.4 Å². The summed E-state index contributed by atoms with van der Waals surface area (Å²) in [6.45, 7) is -0.174. The Morgan fingerprint density at radius 2 is 1.79 bits per heavy atom. The molecule has 4 aliphatic rings. The fourth-order valence-electron chi connectivity index (χ4n) is 6.85. The number of alkyl halides is 4. The minimum absolute atomic E-state index is 0.00773. The molecule has 14 heteroatoms. The van der Waals surface area contributed by atoms with Crippen molar-refractivity contribution in [1.29, 1.82) is 0 Å². The van der Waals surface area contributed by atoms with Gasteiger partial charge in [0.15, 0.2) is 0 Å². The van der Waals surface area contributed by atoms with Crippen LogP contribution in [0.15, 0.2) is 60.8 Å². The molecule has 2 aromatic heterocycles. The van der Waals surface area contributed by atoms with Gasteiger partial charge in [-0.1, -0.05) is 6.07 Å². The van der Waals surface area contributed by atoms with E-state index in [0.717, 1.165) is 18.2 Å². The van der Waals surface area contributed by atoms with Gasteiger partial charge >= 0.3 is 6.18 Å². The lowest BCUT2D eigenvalue weighted by Crippen LogP contribution is -2.77. The average molecular weight is 669 g/mol. The Bertz CT molecular complexity index is 1970. The molecule has 3 saturated carbocycles. The summed E-state index contributed by atoms with van der Waals surface area (Å²) in [6, 6.07) is 11.7. The molecule has 250 valence electrons. The van der Waals surface area contributed by atoms with Crippen molar-refractivity contribution in [2.45, 2.75) is 54.6 Å². The quantitative estimate of drug-likeness (QED) is 0.225. The van der Waals surface area contributed by atoms with Gasteiger partial charge < -0.3 is 25.2 Å². The Morgan fingerprint density at radius 3 is 2.44 bits per heavy atom. The number of amides is 2. The smallest absolute Gasteiger partial charge is 0.424 e. The van der Waals surface area contributed by atoms with E-state index in [2.05, 4.69) is 20.6 Å². The molecular weight excluding hydrogens is 639 g/mol. The number of carbonyl (C=O) groups excluding carboxylic acids is 2. The maximum absolute atomic E-state index is 14.9. The molecule has 4 aromatic rings. The number of hydrogen-bond acceptors (Lipinski definition) is 7. The number of halogens is 5. The number of nitrogens with one attached hydrogen (secondary N) is 2. The first-order valence-electron chi connectivity index (χ1n) is 15.1. The van der Waals surface area contributed by atoms with Gasteiger partial charge in [-0.15, -0.1) is 0 Å². The molecule has 2 aromatic carbocycles. The fraction of sp³-hybridized carbons (Fsp3) is 0.353. The second-order valence-corrected chi connectivity index (χ2v) is 13.1. The highest BCUT2D eigenvalue weighted by molar-refractivity contribution is 6.00. The van der Waals surface area contributed by atoms with Gasteiger partial charge in [0.05, 0.1) is 19.3 Å². The van der Waals surface area contributed by atoms with Crippen LogP contribution in [0.1, 0.15) is 47.8 Å². The molecule has 2 amide bonds. The van der Waals surface area contributed by atoms with E-state index in [1.54, 1.807) is 12.1 Å². The molecule has 3 fully saturated rings. The summed E-state index contributed by atoms with van der Waals surface area (Å²) >= 11 is 0. The minimum Gasteiger partial charge on any atom is -0.494 e. The molecule has 8 rings (SSSR count). The van der Waals surface area contributed by atoms with E-state index < -0.39 is 58.3 Å². The largest absolute Gasteiger partial charge is 0.494 e. The molecule has 3 N–H and O–H groups in total. The lowest BCUT2D eigenvalue weighted by molar-refractivity contribution is -0.265. The summed E-state index contributed by atoms with van der Waals surface area (Å²) in [5, 5.41) is 17.0. The lowest BCUT2D eigenvalue weighted by atomic mass is 9.47. The molecule has 2 atom stereocenters. The monoisotopic (exact) mass is 668 g/mol. The first kappa shape index (κ1) is 31.7. The van der Waals surface area contributed by atoms with Crippen molar-refractivity contribution in [2.75, 3.05) is 20.3 Å². The van der Waals surface area contributed by atoms with E-state index in [9.17, 15) is 36.6 Å². The van der Waals surface area contributed by atoms with Gasteiger partial charge in [-0.2, -0.15) is 13.2 Å². The first-order valence-corrected chi connectivity index (χ1v) is 15.1. The average Bonchev–Trinajstić information content (AvgIpc) is 3.38. The maximum Gasteiger partial charge on any atom is 0.424 e. The highest BCUT2D eigenvalue weighted by Gasteiger charge is 2.70. The predicted octanol–water partition coefficient (Wildman–Crippen LogP) is 5.04. The number of aromatic nitrogens is 2. The molecule has 0 spiro atoms. The van der Waals surface area contributed by atoms with Crippen LogP contribution >= 0.6 is 0 Å². The molecule has 0 unspecified atom stereocenters. The van der Waals surface area contributed by atoms with Gasteiger partial charge in [0.2, 0.25) is 11.5 Å². The van der Waals surface area contributed by atoms with Gasteiger partial charge in [-0.3, -0.25) is 14.6 Å². The minimum atomic E-state index is -5.38. The van der Waals surface area contributed by atoms with Crippen LogP contribution in [-0.4, -0.2) is 64.5 Å². The summed E-state index contributed by atoms with van der Waals surface area (Å²) in [5.41, 5.74) is -7.93. The predicted molar refractivity (Wildman–Crippen MR) is 162 cm³/mol. The van der Waals surface area contributed by atoms with E-state index in [4.69, 9.17) is 9.47 Å². The Kier molecular flexibility index (Phi) is 6.99. The van der Waals surface area contributed by atoms with E-state index in [1.807, 2.05) is 0 Å². The van der Waals surface area contributed by atoms with Crippen LogP contribution in [0.5, 0.6) is 11.5 Å². The van der Waals surface area contributed by atoms with Crippen LogP contribution in [0.25, 0.3) is 22.2 Å². The topological polar surface area (TPSA) is 123 Å². The van der Waals surface area contributed by atoms with Crippen LogP contribution in [0.2, 0.25) is 0 Å². The highest BCUT2D eigenvalue weighted by Crippen LogP contribution is 2.63. The molecule has 3 aliphatic carbocycles. The lowest BCUT2D eigenvalue weighted by Gasteiger charge is -2.66. The van der Waals surface area contributed by atoms with Crippen molar-refractivity contribution in [3.8, 4) is 22.8 Å². The van der Waals surface area contributed by atoms with Gasteiger partial charge in [-0.25, -0.2) is 13.8 Å². The zero-order chi connectivity index (χ0) is 34.3. The van der Waals surface area contributed by atoms with Crippen molar-refractivity contribution in [2.24, 2.45) is 0 Å². The summed E-state index contributed by atoms with van der Waals surface area (Å²) in [7, 11) is 1.36. The van der Waals surface area contributed by atoms with Gasteiger partial charge in [0, 0.05) is 53.1 Å². The normalized spacial score (nSPS) is 25.2. The number of benzene rings is 2. The zero-order valence-electron chi connectivity index (χ0n) is 25.7. The number of pyridine rings is 2. The molecule has 0 saturated heterocycles. The van der Waals surface area contributed by atoms with Gasteiger partial charge in [0.1, 0.15) is 46.2 Å². The Hall–Kier alpha value is -4.85. The molecule has 9 nitrogen and oxygen atoms in total. The van der Waals surface area contributed by atoms with E-state index in [-0.39, 0.29) is 59.8 Å². The fourth-order valence-corrected chi connectivity index (χ4v) is 6.85. The SMILES string of the molecule is COc1cc(C(=O)NC[C@](O)(c2cc3c(c(-c4ccc(F)cc4)n2)OC[C@]3(C)C(=O)NC23CC(F)(C2)C3)C(F)(F)F)cc2cccnc12. The number of fused-ring (bicyclic) bond motifs is 2. The number of carbonyl (C=O) groups is 2. The molecule has 3 heterocycles. The summed E-state index contributed by atoms with van der Waals surface area (Å²) in [4.78, 5) is 35.3. The van der Waals surface area contributed by atoms with E-state index in [1.165, 1.54) is 44.5 Å². The number of aliphatic hydroxyl groups is 1. The van der Waals surface area contributed by atoms with E-state index >= 15 is 0 Å². The van der Waals surface area contributed by atoms with Crippen LogP contribution in [0, 0.1) is 5.82 Å². The van der Waals surface area contributed by atoms with Crippen molar-refractivity contribution >= 4 is 22.7 Å². The molecule has 48 heavy (non-hydrogen) atoms. The third kappa shape index (κ3) is 4.92. The number of nitrogens with zero attached hydrogens (tertiary/aromatic N) is 2. The Labute approximate surface area is 270 Å². The first-order chi connectivity index (χ1) is 22.6. The molecule has 1 aliphatic heterocycles. The number of ether oxygens (including phenoxy) is 2. The highest BCUT2D eigenvalue weighted by atomic mass is 19.4. The Morgan fingerprint density at radius 1 is 1.08 bits per heavy atom. The zero-order valence-corrected chi connectivity index (χ0v) is 25.7. The number of rotatable bonds is 8. The van der Waals surface area contributed by atoms with Crippen LogP contribution in [0.3, 0.4) is 0 Å². The van der Waals surface area contributed by atoms with E-state index in [0.29, 0.717) is 10.9 Å². The molecule has 2 bridgehead atoms. The van der Waals surface area contributed by atoms with Crippen molar-refractivity contribution < 1.29 is 46.1 Å². The van der Waals surface area contributed by atoms with Crippen molar-refractivity contribution in [1.82, 2.24) is 20.6 Å². The maximum atomic E-state index is 14.9. The van der Waals surface area contributed by atoms with Gasteiger partial charge in [-0.05, 0) is 55.5 Å². The molecule has 0 radical (unpaired) electrons. The summed E-state index contributed by atoms with van der Waals surface area (Å²) in [5.74, 6) is -1.96. The third-order valence-corrected chi connectivity index (χ3v) is 9.59. The molecular formula is C34H29F5N4O5. The van der Waals surface area contributed by atoms with Gasteiger partial charge in [0.25, 0.3) is 5.91 Å². The third-order valence-electron chi connectivity index (χ3n) is 9.59.